The summed E-state index contributed by atoms with van der Waals surface area (Å²) in [7, 11) is 0. The Labute approximate surface area is 111 Å². The molecule has 3 heteroatoms. The van der Waals surface area contributed by atoms with Crippen molar-refractivity contribution in [3.8, 4) is 5.75 Å². The summed E-state index contributed by atoms with van der Waals surface area (Å²) in [4.78, 5) is 0. The summed E-state index contributed by atoms with van der Waals surface area (Å²) in [5.41, 5.74) is 0.718. The normalized spacial score (nSPS) is 27.4. The number of hydrogen-bond donors (Lipinski definition) is 1. The van der Waals surface area contributed by atoms with E-state index < -0.39 is 6.10 Å². The fourth-order valence-electron chi connectivity index (χ4n) is 2.61. The molecule has 1 aliphatic heterocycles. The average Bonchev–Trinajstić information content (AvgIpc) is 2.28. The molecule has 0 aromatic heterocycles. The van der Waals surface area contributed by atoms with Crippen molar-refractivity contribution in [2.45, 2.75) is 51.2 Å². The van der Waals surface area contributed by atoms with Crippen molar-refractivity contribution in [1.82, 2.24) is 0 Å². The van der Waals surface area contributed by atoms with E-state index in [1.54, 1.807) is 0 Å². The first-order valence-corrected chi connectivity index (χ1v) is 7.06. The molecule has 17 heavy (non-hydrogen) atoms. The summed E-state index contributed by atoms with van der Waals surface area (Å²) < 4.78 is 7.16. The van der Waals surface area contributed by atoms with Gasteiger partial charge in [0, 0.05) is 16.5 Å². The number of rotatable bonds is 3. The fourth-order valence-corrected chi connectivity index (χ4v) is 2.95. The summed E-state index contributed by atoms with van der Waals surface area (Å²) in [5, 5.41) is 10.3. The highest BCUT2D eigenvalue weighted by Crippen LogP contribution is 2.44. The van der Waals surface area contributed by atoms with Crippen LogP contribution in [0.5, 0.6) is 5.75 Å². The molecule has 0 spiro atoms. The summed E-state index contributed by atoms with van der Waals surface area (Å²) in [6.07, 6.45) is 3.30. The Balaban J connectivity index is 2.36. The third kappa shape index (κ3) is 2.50. The lowest BCUT2D eigenvalue weighted by Gasteiger charge is -2.40. The molecule has 0 aliphatic carbocycles. The molecule has 2 atom stereocenters. The molecule has 1 heterocycles. The monoisotopic (exact) mass is 298 g/mol. The Morgan fingerprint density at radius 3 is 2.88 bits per heavy atom. The highest BCUT2D eigenvalue weighted by Gasteiger charge is 2.38. The van der Waals surface area contributed by atoms with Crippen LogP contribution in [-0.2, 0) is 0 Å². The first-order valence-electron chi connectivity index (χ1n) is 6.27. The molecule has 0 saturated heterocycles. The standard InChI is InChI=1S/C14H19BrO2/c1-3-7-14(4-2)9-12(16)11-6-5-10(15)8-13(11)17-14/h5-6,8,12,16H,3-4,7,9H2,1-2H3. The predicted molar refractivity (Wildman–Crippen MR) is 72.3 cm³/mol. The first kappa shape index (κ1) is 12.9. The quantitative estimate of drug-likeness (QED) is 0.905. The highest BCUT2D eigenvalue weighted by atomic mass is 79.9. The topological polar surface area (TPSA) is 29.5 Å². The number of aliphatic hydroxyl groups excluding tert-OH is 1. The number of fused-ring (bicyclic) bond motifs is 1. The van der Waals surface area contributed by atoms with Gasteiger partial charge in [0.15, 0.2) is 0 Å². The van der Waals surface area contributed by atoms with E-state index in [4.69, 9.17) is 4.74 Å². The molecule has 0 fully saturated rings. The van der Waals surface area contributed by atoms with Crippen molar-refractivity contribution in [1.29, 1.82) is 0 Å². The zero-order chi connectivity index (χ0) is 12.5. The van der Waals surface area contributed by atoms with Gasteiger partial charge in [-0.3, -0.25) is 0 Å². The lowest BCUT2D eigenvalue weighted by atomic mass is 9.84. The molecule has 0 bridgehead atoms. The molecule has 1 N–H and O–H groups in total. The summed E-state index contributed by atoms with van der Waals surface area (Å²) in [5.74, 6) is 0.827. The van der Waals surface area contributed by atoms with E-state index >= 15 is 0 Å². The highest BCUT2D eigenvalue weighted by molar-refractivity contribution is 9.10. The molecule has 1 aliphatic rings. The van der Waals surface area contributed by atoms with Gasteiger partial charge >= 0.3 is 0 Å². The van der Waals surface area contributed by atoms with Crippen LogP contribution in [0.3, 0.4) is 0 Å². The van der Waals surface area contributed by atoms with Gasteiger partial charge in [-0.2, -0.15) is 0 Å². The maximum atomic E-state index is 10.3. The average molecular weight is 299 g/mol. The minimum absolute atomic E-state index is 0.192. The molecule has 1 aromatic carbocycles. The third-order valence-electron chi connectivity index (χ3n) is 3.58. The van der Waals surface area contributed by atoms with Crippen LogP contribution in [-0.4, -0.2) is 10.7 Å². The van der Waals surface area contributed by atoms with Crippen LogP contribution in [0.1, 0.15) is 51.2 Å². The van der Waals surface area contributed by atoms with Crippen LogP contribution in [0.25, 0.3) is 0 Å². The molecule has 0 saturated carbocycles. The minimum atomic E-state index is -0.404. The molecule has 2 rings (SSSR count). The summed E-state index contributed by atoms with van der Waals surface area (Å²) >= 11 is 3.45. The Morgan fingerprint density at radius 2 is 2.24 bits per heavy atom. The van der Waals surface area contributed by atoms with E-state index in [0.29, 0.717) is 6.42 Å². The smallest absolute Gasteiger partial charge is 0.127 e. The van der Waals surface area contributed by atoms with E-state index in [1.807, 2.05) is 18.2 Å². The van der Waals surface area contributed by atoms with E-state index in [-0.39, 0.29) is 5.60 Å². The molecule has 0 radical (unpaired) electrons. The summed E-state index contributed by atoms with van der Waals surface area (Å²) in [6, 6.07) is 5.84. The minimum Gasteiger partial charge on any atom is -0.487 e. The Hall–Kier alpha value is -0.540. The van der Waals surface area contributed by atoms with Crippen molar-refractivity contribution in [2.75, 3.05) is 0 Å². The Kier molecular flexibility index (Phi) is 3.79. The molecule has 2 nitrogen and oxygen atoms in total. The second-order valence-corrected chi connectivity index (χ2v) is 5.71. The molecule has 2 unspecified atom stereocenters. The maximum absolute atomic E-state index is 10.3. The summed E-state index contributed by atoms with van der Waals surface area (Å²) in [6.45, 7) is 4.29. The molecule has 1 aromatic rings. The van der Waals surface area contributed by atoms with E-state index in [2.05, 4.69) is 29.8 Å². The van der Waals surface area contributed by atoms with Gasteiger partial charge in [-0.15, -0.1) is 0 Å². The SMILES string of the molecule is CCCC1(CC)CC(O)c2ccc(Br)cc2O1. The van der Waals surface area contributed by atoms with E-state index in [1.165, 1.54) is 0 Å². The predicted octanol–water partition coefficient (Wildman–Crippen LogP) is 4.21. The molecule has 0 amide bonds. The zero-order valence-electron chi connectivity index (χ0n) is 10.4. The van der Waals surface area contributed by atoms with Crippen LogP contribution in [0, 0.1) is 0 Å². The van der Waals surface area contributed by atoms with Crippen LogP contribution in [0.4, 0.5) is 0 Å². The fraction of sp³-hybridized carbons (Fsp3) is 0.571. The number of halogens is 1. The number of ether oxygens (including phenoxy) is 1. The second kappa shape index (κ2) is 4.99. The van der Waals surface area contributed by atoms with Gasteiger partial charge in [0.05, 0.1) is 6.10 Å². The Morgan fingerprint density at radius 1 is 1.47 bits per heavy atom. The second-order valence-electron chi connectivity index (χ2n) is 4.79. The molecule has 94 valence electrons. The zero-order valence-corrected chi connectivity index (χ0v) is 12.0. The lowest BCUT2D eigenvalue weighted by Crippen LogP contribution is -2.40. The van der Waals surface area contributed by atoms with Gasteiger partial charge in [-0.05, 0) is 25.0 Å². The lowest BCUT2D eigenvalue weighted by molar-refractivity contribution is -0.0232. The number of benzene rings is 1. The largest absolute Gasteiger partial charge is 0.487 e. The van der Waals surface area contributed by atoms with Crippen molar-refractivity contribution >= 4 is 15.9 Å². The third-order valence-corrected chi connectivity index (χ3v) is 4.07. The van der Waals surface area contributed by atoms with Gasteiger partial charge in [0.2, 0.25) is 0 Å². The van der Waals surface area contributed by atoms with Gasteiger partial charge in [0.25, 0.3) is 0 Å². The maximum Gasteiger partial charge on any atom is 0.127 e. The number of aliphatic hydroxyl groups is 1. The van der Waals surface area contributed by atoms with Gasteiger partial charge in [-0.1, -0.05) is 42.3 Å². The molecular weight excluding hydrogens is 280 g/mol. The molecular formula is C14H19BrO2. The Bertz CT molecular complexity index is 405. The van der Waals surface area contributed by atoms with Crippen LogP contribution in [0.2, 0.25) is 0 Å². The van der Waals surface area contributed by atoms with Gasteiger partial charge in [-0.25, -0.2) is 0 Å². The van der Waals surface area contributed by atoms with Gasteiger partial charge in [0.1, 0.15) is 11.4 Å². The van der Waals surface area contributed by atoms with E-state index in [9.17, 15) is 5.11 Å². The van der Waals surface area contributed by atoms with E-state index in [0.717, 1.165) is 35.0 Å². The van der Waals surface area contributed by atoms with Crippen molar-refractivity contribution in [3.63, 3.8) is 0 Å². The van der Waals surface area contributed by atoms with Crippen molar-refractivity contribution in [2.24, 2.45) is 0 Å². The van der Waals surface area contributed by atoms with Crippen molar-refractivity contribution in [3.05, 3.63) is 28.2 Å². The van der Waals surface area contributed by atoms with Crippen LogP contribution in [0.15, 0.2) is 22.7 Å². The number of hydrogen-bond acceptors (Lipinski definition) is 2. The van der Waals surface area contributed by atoms with Crippen LogP contribution < -0.4 is 4.74 Å². The van der Waals surface area contributed by atoms with Crippen molar-refractivity contribution < 1.29 is 9.84 Å². The van der Waals surface area contributed by atoms with Crippen LogP contribution >= 0.6 is 15.9 Å². The van der Waals surface area contributed by atoms with Gasteiger partial charge < -0.3 is 9.84 Å². The first-order chi connectivity index (χ1) is 8.10.